The SMILES string of the molecule is Cc1cnccc1CN1CC(C(C)C)NCC1C(C)C. The molecule has 0 aromatic carbocycles. The van der Waals surface area contributed by atoms with Crippen LogP contribution >= 0.6 is 0 Å². The quantitative estimate of drug-likeness (QED) is 0.916. The van der Waals surface area contributed by atoms with E-state index >= 15 is 0 Å². The summed E-state index contributed by atoms with van der Waals surface area (Å²) in [6.45, 7) is 14.7. The summed E-state index contributed by atoms with van der Waals surface area (Å²) in [5.74, 6) is 1.36. The van der Waals surface area contributed by atoms with Crippen LogP contribution < -0.4 is 5.32 Å². The van der Waals surface area contributed by atoms with Crippen molar-refractivity contribution in [2.45, 2.75) is 53.2 Å². The highest BCUT2D eigenvalue weighted by atomic mass is 15.2. The normalized spacial score (nSPS) is 24.6. The number of rotatable bonds is 4. The molecule has 3 heteroatoms. The van der Waals surface area contributed by atoms with Gasteiger partial charge in [-0.2, -0.15) is 0 Å². The summed E-state index contributed by atoms with van der Waals surface area (Å²) in [7, 11) is 0. The molecule has 2 rings (SSSR count). The first-order valence-electron chi connectivity index (χ1n) is 7.86. The van der Waals surface area contributed by atoms with Crippen molar-refractivity contribution in [1.29, 1.82) is 0 Å². The van der Waals surface area contributed by atoms with Gasteiger partial charge in [0, 0.05) is 44.1 Å². The van der Waals surface area contributed by atoms with Gasteiger partial charge in [0.15, 0.2) is 0 Å². The third-order valence-corrected chi connectivity index (χ3v) is 4.57. The largest absolute Gasteiger partial charge is 0.311 e. The second-order valence-corrected chi connectivity index (χ2v) is 6.80. The Morgan fingerprint density at radius 3 is 2.65 bits per heavy atom. The Morgan fingerprint density at radius 2 is 2.05 bits per heavy atom. The van der Waals surface area contributed by atoms with Crippen molar-refractivity contribution in [1.82, 2.24) is 15.2 Å². The van der Waals surface area contributed by atoms with Gasteiger partial charge < -0.3 is 5.32 Å². The highest BCUT2D eigenvalue weighted by molar-refractivity contribution is 5.21. The minimum atomic E-state index is 0.604. The molecule has 1 fully saturated rings. The predicted octanol–water partition coefficient (Wildman–Crippen LogP) is 2.84. The van der Waals surface area contributed by atoms with Crippen LogP contribution in [0.2, 0.25) is 0 Å². The Balaban J connectivity index is 2.13. The van der Waals surface area contributed by atoms with Crippen LogP contribution in [0.5, 0.6) is 0 Å². The second kappa shape index (κ2) is 6.68. The highest BCUT2D eigenvalue weighted by Crippen LogP contribution is 2.21. The third kappa shape index (κ3) is 3.58. The zero-order chi connectivity index (χ0) is 14.7. The molecule has 2 unspecified atom stereocenters. The fourth-order valence-corrected chi connectivity index (χ4v) is 3.04. The lowest BCUT2D eigenvalue weighted by Crippen LogP contribution is -2.59. The van der Waals surface area contributed by atoms with Crippen LogP contribution in [0.1, 0.15) is 38.8 Å². The van der Waals surface area contributed by atoms with Crippen molar-refractivity contribution in [3.8, 4) is 0 Å². The van der Waals surface area contributed by atoms with Crippen LogP contribution in [0.25, 0.3) is 0 Å². The summed E-state index contributed by atoms with van der Waals surface area (Å²) < 4.78 is 0. The zero-order valence-corrected chi connectivity index (χ0v) is 13.6. The van der Waals surface area contributed by atoms with E-state index in [9.17, 15) is 0 Å². The van der Waals surface area contributed by atoms with Crippen molar-refractivity contribution in [2.24, 2.45) is 11.8 Å². The van der Waals surface area contributed by atoms with Crippen molar-refractivity contribution in [3.63, 3.8) is 0 Å². The zero-order valence-electron chi connectivity index (χ0n) is 13.6. The molecule has 0 aliphatic carbocycles. The third-order valence-electron chi connectivity index (χ3n) is 4.57. The Hall–Kier alpha value is -0.930. The molecule has 0 spiro atoms. The van der Waals surface area contributed by atoms with Crippen LogP contribution in [-0.2, 0) is 6.54 Å². The number of hydrogen-bond donors (Lipinski definition) is 1. The van der Waals surface area contributed by atoms with E-state index in [0.717, 1.165) is 19.6 Å². The van der Waals surface area contributed by atoms with Crippen LogP contribution in [0.4, 0.5) is 0 Å². The van der Waals surface area contributed by atoms with Crippen molar-refractivity contribution < 1.29 is 0 Å². The molecule has 0 bridgehead atoms. The van der Waals surface area contributed by atoms with Gasteiger partial charge in [-0.15, -0.1) is 0 Å². The van der Waals surface area contributed by atoms with Gasteiger partial charge in [-0.3, -0.25) is 9.88 Å². The number of aryl methyl sites for hydroxylation is 1. The lowest BCUT2D eigenvalue weighted by atomic mass is 9.93. The Bertz CT molecular complexity index is 428. The van der Waals surface area contributed by atoms with Gasteiger partial charge in [0.05, 0.1) is 0 Å². The summed E-state index contributed by atoms with van der Waals surface area (Å²) in [5, 5.41) is 3.73. The summed E-state index contributed by atoms with van der Waals surface area (Å²) in [6.07, 6.45) is 3.89. The summed E-state index contributed by atoms with van der Waals surface area (Å²) >= 11 is 0. The lowest BCUT2D eigenvalue weighted by molar-refractivity contribution is 0.0782. The maximum Gasteiger partial charge on any atom is 0.0300 e. The van der Waals surface area contributed by atoms with Crippen molar-refractivity contribution >= 4 is 0 Å². The van der Waals surface area contributed by atoms with Crippen LogP contribution in [0.15, 0.2) is 18.5 Å². The lowest BCUT2D eigenvalue weighted by Gasteiger charge is -2.44. The first-order valence-corrected chi connectivity index (χ1v) is 7.86. The summed E-state index contributed by atoms with van der Waals surface area (Å²) in [4.78, 5) is 6.87. The molecule has 20 heavy (non-hydrogen) atoms. The maximum absolute atomic E-state index is 4.20. The average molecular weight is 275 g/mol. The van der Waals surface area contributed by atoms with Gasteiger partial charge in [0.2, 0.25) is 0 Å². The standard InChI is InChI=1S/C17H29N3/c1-12(2)16-11-20(17(9-19-16)13(3)4)10-15-6-7-18-8-14(15)5/h6-8,12-13,16-17,19H,9-11H2,1-5H3. The molecule has 112 valence electrons. The van der Waals surface area contributed by atoms with Gasteiger partial charge in [0.25, 0.3) is 0 Å². The van der Waals surface area contributed by atoms with E-state index in [0.29, 0.717) is 23.9 Å². The first-order chi connectivity index (χ1) is 9.49. The number of aromatic nitrogens is 1. The number of pyridine rings is 1. The van der Waals surface area contributed by atoms with Crippen LogP contribution in [-0.4, -0.2) is 35.1 Å². The van der Waals surface area contributed by atoms with E-state index in [4.69, 9.17) is 0 Å². The molecule has 0 amide bonds. The van der Waals surface area contributed by atoms with E-state index in [-0.39, 0.29) is 0 Å². The van der Waals surface area contributed by atoms with Gasteiger partial charge in [-0.25, -0.2) is 0 Å². The second-order valence-electron chi connectivity index (χ2n) is 6.80. The Labute approximate surface area is 123 Å². The first kappa shape index (κ1) is 15.5. The van der Waals surface area contributed by atoms with E-state index in [1.807, 2.05) is 12.4 Å². The molecule has 2 heterocycles. The molecule has 1 saturated heterocycles. The molecule has 1 aliphatic heterocycles. The molecule has 1 aromatic rings. The predicted molar refractivity (Wildman–Crippen MR) is 84.6 cm³/mol. The minimum Gasteiger partial charge on any atom is -0.311 e. The highest BCUT2D eigenvalue weighted by Gasteiger charge is 2.31. The molecular formula is C17H29N3. The van der Waals surface area contributed by atoms with Crippen molar-refractivity contribution in [3.05, 3.63) is 29.6 Å². The maximum atomic E-state index is 4.20. The molecular weight excluding hydrogens is 246 g/mol. The van der Waals surface area contributed by atoms with Gasteiger partial charge in [-0.1, -0.05) is 27.7 Å². The number of hydrogen-bond acceptors (Lipinski definition) is 3. The van der Waals surface area contributed by atoms with Gasteiger partial charge in [0.1, 0.15) is 0 Å². The molecule has 1 aromatic heterocycles. The molecule has 3 nitrogen and oxygen atoms in total. The number of nitrogens with one attached hydrogen (secondary N) is 1. The molecule has 0 saturated carbocycles. The van der Waals surface area contributed by atoms with Gasteiger partial charge in [-0.05, 0) is 36.0 Å². The van der Waals surface area contributed by atoms with E-state index in [1.54, 1.807) is 0 Å². The number of nitrogens with zero attached hydrogens (tertiary/aromatic N) is 2. The van der Waals surface area contributed by atoms with Crippen LogP contribution in [0.3, 0.4) is 0 Å². The van der Waals surface area contributed by atoms with Crippen molar-refractivity contribution in [2.75, 3.05) is 13.1 Å². The monoisotopic (exact) mass is 275 g/mol. The van der Waals surface area contributed by atoms with E-state index in [2.05, 4.69) is 55.9 Å². The smallest absolute Gasteiger partial charge is 0.0300 e. The molecule has 0 radical (unpaired) electrons. The van der Waals surface area contributed by atoms with E-state index < -0.39 is 0 Å². The minimum absolute atomic E-state index is 0.604. The fraction of sp³-hybridized carbons (Fsp3) is 0.706. The Kier molecular flexibility index (Phi) is 5.17. The summed E-state index contributed by atoms with van der Waals surface area (Å²) in [6, 6.07) is 3.39. The van der Waals surface area contributed by atoms with Gasteiger partial charge >= 0.3 is 0 Å². The van der Waals surface area contributed by atoms with E-state index in [1.165, 1.54) is 11.1 Å². The van der Waals surface area contributed by atoms with Crippen LogP contribution in [0, 0.1) is 18.8 Å². The molecule has 1 aliphatic rings. The average Bonchev–Trinajstić information content (AvgIpc) is 2.41. The fourth-order valence-electron chi connectivity index (χ4n) is 3.04. The Morgan fingerprint density at radius 1 is 1.30 bits per heavy atom. The number of piperazine rings is 1. The molecule has 2 atom stereocenters. The summed E-state index contributed by atoms with van der Waals surface area (Å²) in [5.41, 5.74) is 2.71. The topological polar surface area (TPSA) is 28.2 Å². The molecule has 1 N–H and O–H groups in total.